The van der Waals surface area contributed by atoms with Crippen LogP contribution in [-0.4, -0.2) is 4.98 Å². The van der Waals surface area contributed by atoms with Crippen molar-refractivity contribution in [3.63, 3.8) is 0 Å². The number of pyridine rings is 1. The molecule has 0 bridgehead atoms. The molecular formula is C13H11NO. The summed E-state index contributed by atoms with van der Waals surface area (Å²) in [4.78, 5) is 14.4. The van der Waals surface area contributed by atoms with Crippen molar-refractivity contribution in [3.05, 3.63) is 58.0 Å². The molecule has 1 aromatic heterocycles. The SMILES string of the molecule is O=c1[nH]ccc2c1CCc1ccccc1-2. The maximum Gasteiger partial charge on any atom is 0.251 e. The van der Waals surface area contributed by atoms with E-state index in [2.05, 4.69) is 23.2 Å². The number of hydrogen-bond donors (Lipinski definition) is 1. The van der Waals surface area contributed by atoms with Gasteiger partial charge in [-0.2, -0.15) is 0 Å². The molecule has 0 aliphatic heterocycles. The first-order valence-corrected chi connectivity index (χ1v) is 5.15. The number of nitrogens with one attached hydrogen (secondary N) is 1. The van der Waals surface area contributed by atoms with Crippen LogP contribution in [0.15, 0.2) is 41.3 Å². The fourth-order valence-electron chi connectivity index (χ4n) is 2.27. The van der Waals surface area contributed by atoms with Gasteiger partial charge in [0, 0.05) is 11.8 Å². The van der Waals surface area contributed by atoms with Crippen molar-refractivity contribution < 1.29 is 0 Å². The Bertz CT molecular complexity index is 569. The van der Waals surface area contributed by atoms with Crippen molar-refractivity contribution in [2.45, 2.75) is 12.8 Å². The third kappa shape index (κ3) is 1.22. The Hall–Kier alpha value is -1.83. The van der Waals surface area contributed by atoms with Gasteiger partial charge in [-0.1, -0.05) is 24.3 Å². The Kier molecular flexibility index (Phi) is 1.75. The van der Waals surface area contributed by atoms with Crippen LogP contribution in [0.2, 0.25) is 0 Å². The van der Waals surface area contributed by atoms with Gasteiger partial charge in [0.2, 0.25) is 0 Å². The summed E-state index contributed by atoms with van der Waals surface area (Å²) in [5.74, 6) is 0. The van der Waals surface area contributed by atoms with E-state index in [0.717, 1.165) is 24.0 Å². The molecule has 0 amide bonds. The number of rotatable bonds is 0. The van der Waals surface area contributed by atoms with E-state index in [1.165, 1.54) is 11.1 Å². The summed E-state index contributed by atoms with van der Waals surface area (Å²) in [6.07, 6.45) is 3.54. The molecule has 2 nitrogen and oxygen atoms in total. The molecule has 2 heteroatoms. The minimum atomic E-state index is 0.0574. The summed E-state index contributed by atoms with van der Waals surface area (Å²) in [5, 5.41) is 0. The molecule has 1 aliphatic rings. The van der Waals surface area contributed by atoms with Crippen LogP contribution in [0, 0.1) is 0 Å². The molecule has 0 spiro atoms. The van der Waals surface area contributed by atoms with Gasteiger partial charge in [0.15, 0.2) is 0 Å². The van der Waals surface area contributed by atoms with Gasteiger partial charge in [-0.05, 0) is 35.6 Å². The molecule has 0 saturated carbocycles. The lowest BCUT2D eigenvalue weighted by atomic mass is 9.87. The van der Waals surface area contributed by atoms with E-state index in [-0.39, 0.29) is 5.56 Å². The van der Waals surface area contributed by atoms with E-state index >= 15 is 0 Å². The van der Waals surface area contributed by atoms with E-state index in [9.17, 15) is 4.79 Å². The van der Waals surface area contributed by atoms with E-state index in [1.807, 2.05) is 12.1 Å². The highest BCUT2D eigenvalue weighted by molar-refractivity contribution is 5.72. The highest BCUT2D eigenvalue weighted by Crippen LogP contribution is 2.30. The lowest BCUT2D eigenvalue weighted by Crippen LogP contribution is -2.17. The number of benzene rings is 1. The van der Waals surface area contributed by atoms with Gasteiger partial charge in [0.1, 0.15) is 0 Å². The van der Waals surface area contributed by atoms with Gasteiger partial charge in [-0.3, -0.25) is 4.79 Å². The van der Waals surface area contributed by atoms with E-state index in [0.29, 0.717) is 0 Å². The summed E-state index contributed by atoms with van der Waals surface area (Å²) >= 11 is 0. The number of H-pyrrole nitrogens is 1. The average molecular weight is 197 g/mol. The predicted molar refractivity (Wildman–Crippen MR) is 59.9 cm³/mol. The van der Waals surface area contributed by atoms with Gasteiger partial charge >= 0.3 is 0 Å². The number of aromatic amines is 1. The smallest absolute Gasteiger partial charge is 0.251 e. The molecule has 3 rings (SSSR count). The summed E-state index contributed by atoms with van der Waals surface area (Å²) in [7, 11) is 0. The molecule has 1 N–H and O–H groups in total. The first-order chi connectivity index (χ1) is 7.36. The Morgan fingerprint density at radius 1 is 1.00 bits per heavy atom. The van der Waals surface area contributed by atoms with Crippen LogP contribution in [0.25, 0.3) is 11.1 Å². The number of hydrogen-bond acceptors (Lipinski definition) is 1. The van der Waals surface area contributed by atoms with Crippen LogP contribution in [0.5, 0.6) is 0 Å². The fraction of sp³-hybridized carbons (Fsp3) is 0.154. The third-order valence-electron chi connectivity index (χ3n) is 3.02. The van der Waals surface area contributed by atoms with Crippen LogP contribution in [0.1, 0.15) is 11.1 Å². The monoisotopic (exact) mass is 197 g/mol. The van der Waals surface area contributed by atoms with Crippen LogP contribution in [-0.2, 0) is 12.8 Å². The van der Waals surface area contributed by atoms with E-state index in [4.69, 9.17) is 0 Å². The van der Waals surface area contributed by atoms with E-state index in [1.54, 1.807) is 6.20 Å². The third-order valence-corrected chi connectivity index (χ3v) is 3.02. The van der Waals surface area contributed by atoms with Crippen molar-refractivity contribution in [3.8, 4) is 11.1 Å². The zero-order chi connectivity index (χ0) is 10.3. The summed E-state index contributed by atoms with van der Waals surface area (Å²) in [5.41, 5.74) is 4.64. The number of fused-ring (bicyclic) bond motifs is 3. The van der Waals surface area contributed by atoms with Crippen LogP contribution >= 0.6 is 0 Å². The first kappa shape index (κ1) is 8.48. The van der Waals surface area contributed by atoms with Gasteiger partial charge in [0.25, 0.3) is 5.56 Å². The summed E-state index contributed by atoms with van der Waals surface area (Å²) in [6.45, 7) is 0. The first-order valence-electron chi connectivity index (χ1n) is 5.15. The maximum absolute atomic E-state index is 11.6. The van der Waals surface area contributed by atoms with Gasteiger partial charge in [0.05, 0.1) is 0 Å². The zero-order valence-electron chi connectivity index (χ0n) is 8.29. The Morgan fingerprint density at radius 3 is 2.80 bits per heavy atom. The fourth-order valence-corrected chi connectivity index (χ4v) is 2.27. The Labute approximate surface area is 87.6 Å². The Morgan fingerprint density at radius 2 is 1.87 bits per heavy atom. The lowest BCUT2D eigenvalue weighted by molar-refractivity contribution is 0.915. The standard InChI is InChI=1S/C13H11NO/c15-13-12-6-5-9-3-1-2-4-10(9)11(12)7-8-14-13/h1-4,7-8H,5-6H2,(H,14,15). The molecule has 0 saturated heterocycles. The Balaban J connectivity index is 2.35. The molecule has 0 atom stereocenters. The summed E-state index contributed by atoms with van der Waals surface area (Å²) < 4.78 is 0. The molecule has 0 fully saturated rings. The molecule has 1 heterocycles. The molecule has 74 valence electrons. The number of aryl methyl sites for hydroxylation is 1. The van der Waals surface area contributed by atoms with Gasteiger partial charge < -0.3 is 4.98 Å². The second-order valence-corrected chi connectivity index (χ2v) is 3.86. The zero-order valence-corrected chi connectivity index (χ0v) is 8.29. The topological polar surface area (TPSA) is 32.9 Å². The van der Waals surface area contributed by atoms with Crippen molar-refractivity contribution in [2.24, 2.45) is 0 Å². The second-order valence-electron chi connectivity index (χ2n) is 3.86. The summed E-state index contributed by atoms with van der Waals surface area (Å²) in [6, 6.07) is 10.3. The van der Waals surface area contributed by atoms with Crippen LogP contribution < -0.4 is 5.56 Å². The average Bonchev–Trinajstić information content (AvgIpc) is 2.29. The minimum absolute atomic E-state index is 0.0574. The van der Waals surface area contributed by atoms with Crippen LogP contribution in [0.3, 0.4) is 0 Å². The highest BCUT2D eigenvalue weighted by atomic mass is 16.1. The van der Waals surface area contributed by atoms with E-state index < -0.39 is 0 Å². The van der Waals surface area contributed by atoms with Crippen LogP contribution in [0.4, 0.5) is 0 Å². The predicted octanol–water partition coefficient (Wildman–Crippen LogP) is 2.14. The molecule has 0 radical (unpaired) electrons. The number of aromatic nitrogens is 1. The van der Waals surface area contributed by atoms with Gasteiger partial charge in [-0.15, -0.1) is 0 Å². The molecule has 0 unspecified atom stereocenters. The van der Waals surface area contributed by atoms with Crippen molar-refractivity contribution >= 4 is 0 Å². The van der Waals surface area contributed by atoms with Crippen molar-refractivity contribution in [1.82, 2.24) is 4.98 Å². The quantitative estimate of drug-likeness (QED) is 0.689. The molecule has 1 aromatic carbocycles. The van der Waals surface area contributed by atoms with Gasteiger partial charge in [-0.25, -0.2) is 0 Å². The minimum Gasteiger partial charge on any atom is -0.329 e. The second kappa shape index (κ2) is 3.09. The molecule has 1 aliphatic carbocycles. The largest absolute Gasteiger partial charge is 0.329 e. The highest BCUT2D eigenvalue weighted by Gasteiger charge is 2.16. The lowest BCUT2D eigenvalue weighted by Gasteiger charge is -2.18. The normalized spacial score (nSPS) is 13.1. The maximum atomic E-state index is 11.6. The van der Waals surface area contributed by atoms with Crippen molar-refractivity contribution in [1.29, 1.82) is 0 Å². The molecule has 15 heavy (non-hydrogen) atoms. The molecule has 2 aromatic rings. The molecular weight excluding hydrogens is 186 g/mol. The van der Waals surface area contributed by atoms with Crippen molar-refractivity contribution in [2.75, 3.05) is 0 Å².